The normalized spacial score (nSPS) is 21.4. The summed E-state index contributed by atoms with van der Waals surface area (Å²) < 4.78 is 6.90. The van der Waals surface area contributed by atoms with Gasteiger partial charge in [0.25, 0.3) is 5.56 Å². The summed E-state index contributed by atoms with van der Waals surface area (Å²) in [6.45, 7) is 3.11. The number of methoxy groups -OCH3 is 1. The summed E-state index contributed by atoms with van der Waals surface area (Å²) in [5, 5.41) is 4.59. The van der Waals surface area contributed by atoms with Crippen LogP contribution in [0.25, 0.3) is 10.2 Å². The molecule has 0 aromatic carbocycles. The average molecular weight is 436 g/mol. The molecule has 2 aliphatic rings. The van der Waals surface area contributed by atoms with Crippen molar-refractivity contribution in [3.8, 4) is 0 Å². The molecule has 29 heavy (non-hydrogen) atoms. The summed E-state index contributed by atoms with van der Waals surface area (Å²) in [6, 6.07) is 0.267. The Labute approximate surface area is 179 Å². The molecule has 1 saturated carbocycles. The molecule has 158 valence electrons. The Bertz CT molecular complexity index is 953. The molecule has 1 amide bonds. The lowest BCUT2D eigenvalue weighted by Crippen LogP contribution is -2.42. The van der Waals surface area contributed by atoms with Crippen molar-refractivity contribution in [3.05, 3.63) is 20.8 Å². The third kappa shape index (κ3) is 4.39. The van der Waals surface area contributed by atoms with E-state index in [0.717, 1.165) is 35.9 Å². The molecule has 2 aromatic heterocycles. The number of hydrogen-bond acceptors (Lipinski definition) is 6. The number of nitrogens with one attached hydrogen (secondary N) is 1. The molecule has 2 atom stereocenters. The first-order valence-electron chi connectivity index (χ1n) is 10.5. The summed E-state index contributed by atoms with van der Waals surface area (Å²) in [5.74, 6) is 0.829. The van der Waals surface area contributed by atoms with Crippen molar-refractivity contribution in [2.45, 2.75) is 69.6 Å². The Morgan fingerprint density at radius 2 is 2.14 bits per heavy atom. The van der Waals surface area contributed by atoms with Gasteiger partial charge in [0.1, 0.15) is 4.83 Å². The standard InChI is InChI=1S/C21H29N3O3S2/c1-13-6-3-4-8-15(13)22-17(25)12-28-21-23-19-18(14-7-5-9-16(14)29-19)20(26)24(21)10-11-27-2/h13,15H,3-12H2,1-2H3,(H,22,25)/t13-,15+/m1/s1. The zero-order chi connectivity index (χ0) is 20.4. The third-order valence-corrected chi connectivity index (χ3v) is 8.26. The average Bonchev–Trinajstić information content (AvgIpc) is 3.28. The second-order valence-corrected chi connectivity index (χ2v) is 10.1. The number of nitrogens with zero attached hydrogens (tertiary/aromatic N) is 2. The lowest BCUT2D eigenvalue weighted by molar-refractivity contribution is -0.119. The Morgan fingerprint density at radius 3 is 2.93 bits per heavy atom. The molecular weight excluding hydrogens is 406 g/mol. The molecule has 8 heteroatoms. The van der Waals surface area contributed by atoms with Crippen LogP contribution in [0.15, 0.2) is 9.95 Å². The molecule has 0 spiro atoms. The highest BCUT2D eigenvalue weighted by atomic mass is 32.2. The van der Waals surface area contributed by atoms with Gasteiger partial charge in [-0.15, -0.1) is 11.3 Å². The van der Waals surface area contributed by atoms with Gasteiger partial charge in [-0.25, -0.2) is 4.98 Å². The molecule has 0 bridgehead atoms. The first-order chi connectivity index (χ1) is 14.1. The fourth-order valence-corrected chi connectivity index (χ4v) is 6.60. The Kier molecular flexibility index (Phi) is 6.61. The Hall–Kier alpha value is -1.38. The predicted octanol–water partition coefficient (Wildman–Crippen LogP) is 3.38. The van der Waals surface area contributed by atoms with E-state index in [1.807, 2.05) is 0 Å². The molecule has 1 N–H and O–H groups in total. The van der Waals surface area contributed by atoms with Crippen molar-refractivity contribution in [2.75, 3.05) is 19.5 Å². The number of aromatic nitrogens is 2. The van der Waals surface area contributed by atoms with Gasteiger partial charge < -0.3 is 10.1 Å². The van der Waals surface area contributed by atoms with Crippen molar-refractivity contribution in [2.24, 2.45) is 5.92 Å². The van der Waals surface area contributed by atoms with E-state index in [9.17, 15) is 9.59 Å². The molecule has 2 heterocycles. The Balaban J connectivity index is 1.54. The zero-order valence-electron chi connectivity index (χ0n) is 17.2. The van der Waals surface area contributed by atoms with Gasteiger partial charge in [0.15, 0.2) is 5.16 Å². The van der Waals surface area contributed by atoms with Crippen molar-refractivity contribution < 1.29 is 9.53 Å². The van der Waals surface area contributed by atoms with Crippen LogP contribution in [0.2, 0.25) is 0 Å². The van der Waals surface area contributed by atoms with E-state index in [-0.39, 0.29) is 23.3 Å². The van der Waals surface area contributed by atoms with Crippen LogP contribution in [0.3, 0.4) is 0 Å². The molecular formula is C21H29N3O3S2. The van der Waals surface area contributed by atoms with E-state index in [1.54, 1.807) is 23.0 Å². The van der Waals surface area contributed by atoms with Crippen LogP contribution in [0.1, 0.15) is 49.5 Å². The van der Waals surface area contributed by atoms with Gasteiger partial charge in [-0.3, -0.25) is 14.2 Å². The minimum Gasteiger partial charge on any atom is -0.383 e. The van der Waals surface area contributed by atoms with Crippen molar-refractivity contribution in [3.63, 3.8) is 0 Å². The number of fused-ring (bicyclic) bond motifs is 3. The van der Waals surface area contributed by atoms with Crippen LogP contribution in [-0.2, 0) is 28.9 Å². The van der Waals surface area contributed by atoms with Gasteiger partial charge in [0.2, 0.25) is 5.91 Å². The van der Waals surface area contributed by atoms with E-state index >= 15 is 0 Å². The van der Waals surface area contributed by atoms with Gasteiger partial charge in [-0.1, -0.05) is 31.5 Å². The molecule has 1 fully saturated rings. The van der Waals surface area contributed by atoms with E-state index in [2.05, 4.69) is 12.2 Å². The van der Waals surface area contributed by atoms with Gasteiger partial charge in [-0.05, 0) is 43.6 Å². The maximum Gasteiger partial charge on any atom is 0.263 e. The van der Waals surface area contributed by atoms with Crippen LogP contribution in [0.4, 0.5) is 0 Å². The minimum absolute atomic E-state index is 0.00950. The molecule has 2 aromatic rings. The van der Waals surface area contributed by atoms with Crippen molar-refractivity contribution in [1.29, 1.82) is 0 Å². The number of thioether (sulfide) groups is 1. The van der Waals surface area contributed by atoms with Crippen LogP contribution < -0.4 is 10.9 Å². The van der Waals surface area contributed by atoms with Gasteiger partial charge >= 0.3 is 0 Å². The summed E-state index contributed by atoms with van der Waals surface area (Å²) >= 11 is 3.00. The van der Waals surface area contributed by atoms with Crippen LogP contribution in [0, 0.1) is 5.92 Å². The van der Waals surface area contributed by atoms with E-state index in [1.165, 1.54) is 41.5 Å². The second-order valence-electron chi connectivity index (χ2n) is 8.11. The highest BCUT2D eigenvalue weighted by Crippen LogP contribution is 2.35. The molecule has 6 nitrogen and oxygen atoms in total. The summed E-state index contributed by atoms with van der Waals surface area (Å²) in [4.78, 5) is 32.7. The molecule has 0 radical (unpaired) electrons. The maximum absolute atomic E-state index is 13.2. The number of ether oxygens (including phenoxy) is 1. The maximum atomic E-state index is 13.2. The largest absolute Gasteiger partial charge is 0.383 e. The molecule has 0 aliphatic heterocycles. The second kappa shape index (κ2) is 9.18. The van der Waals surface area contributed by atoms with Gasteiger partial charge in [0, 0.05) is 18.0 Å². The van der Waals surface area contributed by atoms with Crippen LogP contribution in [-0.4, -0.2) is 41.0 Å². The minimum atomic E-state index is 0.00950. The first-order valence-corrected chi connectivity index (χ1v) is 12.3. The number of carbonyl (C=O) groups excluding carboxylic acids is 1. The number of hydrogen-bond donors (Lipinski definition) is 1. The fraction of sp³-hybridized carbons (Fsp3) is 0.667. The van der Waals surface area contributed by atoms with Gasteiger partial charge in [-0.2, -0.15) is 0 Å². The van der Waals surface area contributed by atoms with E-state index in [4.69, 9.17) is 9.72 Å². The Morgan fingerprint density at radius 1 is 1.31 bits per heavy atom. The third-order valence-electron chi connectivity index (χ3n) is 6.10. The molecule has 4 rings (SSSR count). The topological polar surface area (TPSA) is 73.2 Å². The number of thiophene rings is 1. The lowest BCUT2D eigenvalue weighted by Gasteiger charge is -2.29. The number of carbonyl (C=O) groups is 1. The fourth-order valence-electron chi connectivity index (χ4n) is 4.46. The SMILES string of the molecule is COCCn1c(SCC(=O)N[C@H]2CCCC[C@H]2C)nc2sc3c(c2c1=O)CCC3. The number of rotatable bonds is 7. The van der Waals surface area contributed by atoms with E-state index in [0.29, 0.717) is 24.2 Å². The smallest absolute Gasteiger partial charge is 0.263 e. The van der Waals surface area contributed by atoms with Crippen molar-refractivity contribution >= 4 is 39.2 Å². The highest BCUT2D eigenvalue weighted by molar-refractivity contribution is 7.99. The molecule has 2 aliphatic carbocycles. The summed E-state index contributed by atoms with van der Waals surface area (Å²) in [6.07, 6.45) is 7.79. The lowest BCUT2D eigenvalue weighted by atomic mass is 9.86. The van der Waals surface area contributed by atoms with Gasteiger partial charge in [0.05, 0.1) is 24.3 Å². The molecule has 0 unspecified atom stereocenters. The number of amides is 1. The summed E-state index contributed by atoms with van der Waals surface area (Å²) in [7, 11) is 1.63. The van der Waals surface area contributed by atoms with E-state index < -0.39 is 0 Å². The van der Waals surface area contributed by atoms with Crippen molar-refractivity contribution in [1.82, 2.24) is 14.9 Å². The predicted molar refractivity (Wildman–Crippen MR) is 118 cm³/mol. The zero-order valence-corrected chi connectivity index (χ0v) is 18.8. The highest BCUT2D eigenvalue weighted by Gasteiger charge is 2.25. The van der Waals surface area contributed by atoms with Crippen LogP contribution in [0.5, 0.6) is 0 Å². The number of aryl methyl sites for hydroxylation is 2. The summed E-state index contributed by atoms with van der Waals surface area (Å²) in [5.41, 5.74) is 1.20. The molecule has 0 saturated heterocycles. The quantitative estimate of drug-likeness (QED) is 0.533. The first kappa shape index (κ1) is 20.9. The van der Waals surface area contributed by atoms with Crippen LogP contribution >= 0.6 is 23.1 Å². The monoisotopic (exact) mass is 435 g/mol.